The summed E-state index contributed by atoms with van der Waals surface area (Å²) >= 11 is 0. The van der Waals surface area contributed by atoms with Gasteiger partial charge in [0.2, 0.25) is 10.0 Å². The summed E-state index contributed by atoms with van der Waals surface area (Å²) in [5, 5.41) is 8.43. The first-order valence-electron chi connectivity index (χ1n) is 9.08. The Balaban J connectivity index is 1.54. The lowest BCUT2D eigenvalue weighted by Crippen LogP contribution is -2.38. The molecule has 0 unspecified atom stereocenters. The Morgan fingerprint density at radius 2 is 1.81 bits per heavy atom. The van der Waals surface area contributed by atoms with Crippen LogP contribution in [0.15, 0.2) is 65.7 Å². The van der Waals surface area contributed by atoms with Gasteiger partial charge in [-0.05, 0) is 31.9 Å². The topological polar surface area (TPSA) is 68.1 Å². The molecule has 140 valence electrons. The molecule has 1 aromatic heterocycles. The second-order valence-electron chi connectivity index (χ2n) is 6.92. The van der Waals surface area contributed by atoms with Crippen LogP contribution in [0.4, 0.5) is 0 Å². The largest absolute Gasteiger partial charge is 0.250 e. The van der Waals surface area contributed by atoms with Crippen LogP contribution in [0, 0.1) is 6.92 Å². The first kappa shape index (κ1) is 17.9. The van der Waals surface area contributed by atoms with Gasteiger partial charge in [-0.15, -0.1) is 5.10 Å². The molecule has 27 heavy (non-hydrogen) atoms. The Labute approximate surface area is 159 Å². The van der Waals surface area contributed by atoms with Gasteiger partial charge in [-0.2, -0.15) is 4.31 Å². The van der Waals surface area contributed by atoms with E-state index in [1.807, 2.05) is 55.6 Å². The van der Waals surface area contributed by atoms with E-state index in [9.17, 15) is 8.42 Å². The lowest BCUT2D eigenvalue weighted by atomic mass is 10.2. The number of aryl methyl sites for hydroxylation is 1. The summed E-state index contributed by atoms with van der Waals surface area (Å²) in [5.41, 5.74) is 2.84. The van der Waals surface area contributed by atoms with E-state index in [4.69, 9.17) is 0 Å². The van der Waals surface area contributed by atoms with Gasteiger partial charge >= 0.3 is 0 Å². The van der Waals surface area contributed by atoms with Crippen LogP contribution in [-0.4, -0.2) is 40.3 Å². The van der Waals surface area contributed by atoms with Gasteiger partial charge in [-0.25, -0.2) is 8.42 Å². The van der Waals surface area contributed by atoms with Gasteiger partial charge in [0, 0.05) is 18.2 Å². The summed E-state index contributed by atoms with van der Waals surface area (Å²) in [7, 11) is -3.50. The fourth-order valence-corrected chi connectivity index (χ4v) is 5.18. The normalized spacial score (nSPS) is 18.0. The van der Waals surface area contributed by atoms with E-state index in [0.717, 1.165) is 29.7 Å². The Morgan fingerprint density at radius 1 is 1.07 bits per heavy atom. The van der Waals surface area contributed by atoms with Crippen LogP contribution in [-0.2, 0) is 16.6 Å². The molecule has 0 spiro atoms. The molecule has 1 atom stereocenters. The van der Waals surface area contributed by atoms with E-state index in [1.165, 1.54) is 0 Å². The van der Waals surface area contributed by atoms with Gasteiger partial charge < -0.3 is 0 Å². The van der Waals surface area contributed by atoms with Gasteiger partial charge in [-0.1, -0.05) is 53.2 Å². The summed E-state index contributed by atoms with van der Waals surface area (Å²) in [6, 6.07) is 16.8. The lowest BCUT2D eigenvalue weighted by molar-refractivity contribution is 0.338. The molecule has 6 nitrogen and oxygen atoms in total. The van der Waals surface area contributed by atoms with E-state index in [2.05, 4.69) is 10.3 Å². The van der Waals surface area contributed by atoms with Crippen molar-refractivity contribution in [3.8, 4) is 11.3 Å². The molecule has 0 aliphatic carbocycles. The van der Waals surface area contributed by atoms with Crippen molar-refractivity contribution >= 4 is 10.0 Å². The maximum atomic E-state index is 13.1. The highest BCUT2D eigenvalue weighted by Crippen LogP contribution is 2.27. The standard InChI is InChI=1S/C20H22N4O2S/c1-16-9-11-19(12-10-16)27(25,26)24-13-5-8-18(24)14-23-15-20(21-22-23)17-6-3-2-4-7-17/h2-4,6-7,9-12,15,18H,5,8,13-14H2,1H3/t18-/m0/s1. The van der Waals surface area contributed by atoms with Crippen molar-refractivity contribution in [1.29, 1.82) is 0 Å². The summed E-state index contributed by atoms with van der Waals surface area (Å²) in [5.74, 6) is 0. The van der Waals surface area contributed by atoms with Crippen LogP contribution in [0.2, 0.25) is 0 Å². The minimum absolute atomic E-state index is 0.110. The van der Waals surface area contributed by atoms with E-state index >= 15 is 0 Å². The van der Waals surface area contributed by atoms with Gasteiger partial charge in [-0.3, -0.25) is 4.68 Å². The van der Waals surface area contributed by atoms with Crippen LogP contribution in [0.5, 0.6) is 0 Å². The van der Waals surface area contributed by atoms with E-state index in [-0.39, 0.29) is 6.04 Å². The first-order chi connectivity index (χ1) is 13.0. The fraction of sp³-hybridized carbons (Fsp3) is 0.300. The predicted octanol–water partition coefficient (Wildman–Crippen LogP) is 3.11. The van der Waals surface area contributed by atoms with Crippen molar-refractivity contribution in [3.05, 3.63) is 66.4 Å². The molecule has 1 aliphatic heterocycles. The highest BCUT2D eigenvalue weighted by molar-refractivity contribution is 7.89. The number of rotatable bonds is 5. The van der Waals surface area contributed by atoms with Crippen molar-refractivity contribution in [2.24, 2.45) is 0 Å². The molecule has 4 rings (SSSR count). The first-order valence-corrected chi connectivity index (χ1v) is 10.5. The molecule has 1 saturated heterocycles. The predicted molar refractivity (Wildman–Crippen MR) is 104 cm³/mol. The number of hydrogen-bond donors (Lipinski definition) is 0. The van der Waals surface area contributed by atoms with Crippen LogP contribution < -0.4 is 0 Å². The van der Waals surface area contributed by atoms with Crippen molar-refractivity contribution < 1.29 is 8.42 Å². The molecule has 0 radical (unpaired) electrons. The summed E-state index contributed by atoms with van der Waals surface area (Å²) in [6.07, 6.45) is 3.56. The zero-order valence-electron chi connectivity index (χ0n) is 15.2. The van der Waals surface area contributed by atoms with Crippen LogP contribution in [0.3, 0.4) is 0 Å². The van der Waals surface area contributed by atoms with Crippen molar-refractivity contribution in [2.45, 2.75) is 37.2 Å². The zero-order chi connectivity index (χ0) is 18.9. The Morgan fingerprint density at radius 3 is 2.56 bits per heavy atom. The summed E-state index contributed by atoms with van der Waals surface area (Å²) in [4.78, 5) is 0.351. The molecule has 1 aliphatic rings. The van der Waals surface area contributed by atoms with Crippen molar-refractivity contribution in [2.75, 3.05) is 6.54 Å². The van der Waals surface area contributed by atoms with Gasteiger partial charge in [0.15, 0.2) is 0 Å². The van der Waals surface area contributed by atoms with E-state index < -0.39 is 10.0 Å². The molecular weight excluding hydrogens is 360 g/mol. The number of nitrogens with zero attached hydrogens (tertiary/aromatic N) is 4. The third-order valence-corrected chi connectivity index (χ3v) is 6.92. The highest BCUT2D eigenvalue weighted by Gasteiger charge is 2.35. The van der Waals surface area contributed by atoms with Crippen molar-refractivity contribution in [3.63, 3.8) is 0 Å². The third kappa shape index (κ3) is 3.65. The maximum absolute atomic E-state index is 13.1. The Hall–Kier alpha value is -2.51. The minimum Gasteiger partial charge on any atom is -0.250 e. The highest BCUT2D eigenvalue weighted by atomic mass is 32.2. The molecule has 0 bridgehead atoms. The number of hydrogen-bond acceptors (Lipinski definition) is 4. The fourth-order valence-electron chi connectivity index (χ4n) is 3.50. The SMILES string of the molecule is Cc1ccc(S(=O)(=O)N2CCC[C@H]2Cn2cc(-c3ccccc3)nn2)cc1. The van der Waals surface area contributed by atoms with Crippen LogP contribution >= 0.6 is 0 Å². The molecule has 3 aromatic rings. The smallest absolute Gasteiger partial charge is 0.243 e. The molecular formula is C20H22N4O2S. The van der Waals surface area contributed by atoms with E-state index in [0.29, 0.717) is 18.0 Å². The molecule has 0 saturated carbocycles. The van der Waals surface area contributed by atoms with E-state index in [1.54, 1.807) is 21.1 Å². The van der Waals surface area contributed by atoms with Gasteiger partial charge in [0.1, 0.15) is 5.69 Å². The number of aromatic nitrogens is 3. The van der Waals surface area contributed by atoms with Crippen molar-refractivity contribution in [1.82, 2.24) is 19.3 Å². The number of benzene rings is 2. The second-order valence-corrected chi connectivity index (χ2v) is 8.81. The minimum atomic E-state index is -3.50. The lowest BCUT2D eigenvalue weighted by Gasteiger charge is -2.24. The summed E-state index contributed by atoms with van der Waals surface area (Å²) in [6.45, 7) is 3.00. The molecule has 2 heterocycles. The monoisotopic (exact) mass is 382 g/mol. The van der Waals surface area contributed by atoms with Gasteiger partial charge in [0.05, 0.1) is 17.6 Å². The molecule has 7 heteroatoms. The summed E-state index contributed by atoms with van der Waals surface area (Å²) < 4.78 is 29.5. The quantitative estimate of drug-likeness (QED) is 0.680. The molecule has 0 N–H and O–H groups in total. The molecule has 2 aromatic carbocycles. The molecule has 1 fully saturated rings. The van der Waals surface area contributed by atoms with Crippen LogP contribution in [0.25, 0.3) is 11.3 Å². The second kappa shape index (κ2) is 7.25. The Bertz CT molecular complexity index is 1010. The molecule has 0 amide bonds. The van der Waals surface area contributed by atoms with Crippen LogP contribution in [0.1, 0.15) is 18.4 Å². The number of sulfonamides is 1. The Kier molecular flexibility index (Phi) is 4.80. The average molecular weight is 382 g/mol. The zero-order valence-corrected chi connectivity index (χ0v) is 16.0. The average Bonchev–Trinajstić information content (AvgIpc) is 3.33. The third-order valence-electron chi connectivity index (χ3n) is 4.96. The maximum Gasteiger partial charge on any atom is 0.243 e. The van der Waals surface area contributed by atoms with Gasteiger partial charge in [0.25, 0.3) is 0 Å².